The minimum atomic E-state index is -3.61. The fourth-order valence-corrected chi connectivity index (χ4v) is 4.59. The van der Waals surface area contributed by atoms with E-state index < -0.39 is 16.1 Å². The summed E-state index contributed by atoms with van der Waals surface area (Å²) in [5.41, 5.74) is 1.06. The summed E-state index contributed by atoms with van der Waals surface area (Å²) in [6.07, 6.45) is 1.08. The van der Waals surface area contributed by atoms with Crippen molar-refractivity contribution in [2.24, 2.45) is 0 Å². The van der Waals surface area contributed by atoms with Crippen LogP contribution in [-0.4, -0.2) is 38.9 Å². The van der Waals surface area contributed by atoms with Crippen LogP contribution in [0.3, 0.4) is 0 Å². The van der Waals surface area contributed by atoms with Gasteiger partial charge in [-0.3, -0.25) is 9.10 Å². The van der Waals surface area contributed by atoms with Crippen LogP contribution in [0.5, 0.6) is 0 Å². The summed E-state index contributed by atoms with van der Waals surface area (Å²) in [6, 6.07) is 14.2. The van der Waals surface area contributed by atoms with Crippen molar-refractivity contribution in [2.45, 2.75) is 18.7 Å². The SMILES string of the molecule is C[C@H](C(=O)NCCSCc1ccccc1F)N(c1ccccc1)S(C)(=O)=O. The smallest absolute Gasteiger partial charge is 0.243 e. The topological polar surface area (TPSA) is 66.5 Å². The Bertz CT molecular complexity index is 860. The predicted octanol–water partition coefficient (Wildman–Crippen LogP) is 3.03. The fourth-order valence-electron chi connectivity index (χ4n) is 2.58. The zero-order valence-corrected chi connectivity index (χ0v) is 16.9. The molecule has 0 saturated heterocycles. The maximum atomic E-state index is 13.5. The lowest BCUT2D eigenvalue weighted by molar-refractivity contribution is -0.121. The summed E-state index contributed by atoms with van der Waals surface area (Å²) in [6.45, 7) is 1.92. The van der Waals surface area contributed by atoms with Crippen molar-refractivity contribution in [2.75, 3.05) is 22.9 Å². The Morgan fingerprint density at radius 1 is 1.15 bits per heavy atom. The molecule has 0 bridgehead atoms. The first-order valence-electron chi connectivity index (χ1n) is 8.44. The van der Waals surface area contributed by atoms with Gasteiger partial charge in [0.2, 0.25) is 15.9 Å². The third-order valence-corrected chi connectivity index (χ3v) is 6.11. The lowest BCUT2D eigenvalue weighted by Gasteiger charge is -2.28. The quantitative estimate of drug-likeness (QED) is 0.646. The molecule has 2 rings (SSSR count). The summed E-state index contributed by atoms with van der Waals surface area (Å²) in [5.74, 6) is 0.485. The van der Waals surface area contributed by atoms with E-state index in [1.807, 2.05) is 0 Å². The van der Waals surface area contributed by atoms with Crippen molar-refractivity contribution in [1.29, 1.82) is 0 Å². The van der Waals surface area contributed by atoms with Crippen LogP contribution in [0.4, 0.5) is 10.1 Å². The van der Waals surface area contributed by atoms with Crippen LogP contribution >= 0.6 is 11.8 Å². The summed E-state index contributed by atoms with van der Waals surface area (Å²) in [4.78, 5) is 12.4. The van der Waals surface area contributed by atoms with Crippen LogP contribution in [0.1, 0.15) is 12.5 Å². The predicted molar refractivity (Wildman–Crippen MR) is 109 cm³/mol. The molecule has 0 spiro atoms. The number of thioether (sulfide) groups is 1. The van der Waals surface area contributed by atoms with Gasteiger partial charge in [0, 0.05) is 18.1 Å². The molecule has 146 valence electrons. The minimum absolute atomic E-state index is 0.241. The molecule has 2 aromatic carbocycles. The van der Waals surface area contributed by atoms with Crippen molar-refractivity contribution < 1.29 is 17.6 Å². The first-order chi connectivity index (χ1) is 12.8. The third-order valence-electron chi connectivity index (χ3n) is 3.86. The highest BCUT2D eigenvalue weighted by molar-refractivity contribution is 7.98. The Morgan fingerprint density at radius 2 is 1.78 bits per heavy atom. The zero-order chi connectivity index (χ0) is 19.9. The maximum absolute atomic E-state index is 13.5. The molecule has 0 heterocycles. The van der Waals surface area contributed by atoms with E-state index in [0.29, 0.717) is 29.3 Å². The van der Waals surface area contributed by atoms with Gasteiger partial charge in [0.1, 0.15) is 11.9 Å². The molecule has 0 radical (unpaired) electrons. The van der Waals surface area contributed by atoms with E-state index in [1.54, 1.807) is 55.5 Å². The van der Waals surface area contributed by atoms with Crippen molar-refractivity contribution >= 4 is 33.4 Å². The molecule has 0 aliphatic rings. The van der Waals surface area contributed by atoms with Gasteiger partial charge in [0.25, 0.3) is 0 Å². The number of nitrogens with one attached hydrogen (secondary N) is 1. The normalized spacial score (nSPS) is 12.4. The molecule has 1 amide bonds. The summed E-state index contributed by atoms with van der Waals surface area (Å²) in [5, 5.41) is 2.75. The van der Waals surface area contributed by atoms with Gasteiger partial charge in [-0.2, -0.15) is 11.8 Å². The Labute approximate surface area is 164 Å². The molecule has 0 unspecified atom stereocenters. The monoisotopic (exact) mass is 410 g/mol. The summed E-state index contributed by atoms with van der Waals surface area (Å²) >= 11 is 1.50. The number of para-hydroxylation sites is 1. The number of halogens is 1. The van der Waals surface area contributed by atoms with Crippen LogP contribution in [0.2, 0.25) is 0 Å². The molecule has 0 aliphatic heterocycles. The van der Waals surface area contributed by atoms with Crippen LogP contribution in [0.15, 0.2) is 54.6 Å². The number of rotatable bonds is 9. The Hall–Kier alpha value is -2.06. The van der Waals surface area contributed by atoms with Crippen molar-refractivity contribution in [1.82, 2.24) is 5.32 Å². The van der Waals surface area contributed by atoms with Crippen LogP contribution < -0.4 is 9.62 Å². The number of carbonyl (C=O) groups excluding carboxylic acids is 1. The maximum Gasteiger partial charge on any atom is 0.243 e. The Morgan fingerprint density at radius 3 is 2.41 bits per heavy atom. The van der Waals surface area contributed by atoms with E-state index in [4.69, 9.17) is 0 Å². The Balaban J connectivity index is 1.87. The molecule has 0 fully saturated rings. The van der Waals surface area contributed by atoms with Crippen LogP contribution in [0.25, 0.3) is 0 Å². The first-order valence-corrected chi connectivity index (χ1v) is 11.4. The van der Waals surface area contributed by atoms with E-state index in [1.165, 1.54) is 17.8 Å². The molecule has 8 heteroatoms. The number of benzene rings is 2. The lowest BCUT2D eigenvalue weighted by Crippen LogP contribution is -2.48. The average molecular weight is 411 g/mol. The fraction of sp³-hybridized carbons (Fsp3) is 0.316. The second kappa shape index (κ2) is 9.75. The molecule has 1 atom stereocenters. The van der Waals surface area contributed by atoms with Crippen molar-refractivity contribution in [3.8, 4) is 0 Å². The highest BCUT2D eigenvalue weighted by atomic mass is 32.2. The number of hydrogen-bond acceptors (Lipinski definition) is 4. The van der Waals surface area contributed by atoms with Gasteiger partial charge in [0.15, 0.2) is 0 Å². The largest absolute Gasteiger partial charge is 0.353 e. The minimum Gasteiger partial charge on any atom is -0.353 e. The molecular formula is C19H23FN2O3S2. The molecule has 0 aromatic heterocycles. The number of amides is 1. The van der Waals surface area contributed by atoms with E-state index in [-0.39, 0.29) is 11.7 Å². The highest BCUT2D eigenvalue weighted by Crippen LogP contribution is 2.20. The van der Waals surface area contributed by atoms with Gasteiger partial charge in [-0.05, 0) is 30.7 Å². The number of hydrogen-bond donors (Lipinski definition) is 1. The van der Waals surface area contributed by atoms with Crippen molar-refractivity contribution in [3.05, 3.63) is 66.0 Å². The summed E-state index contributed by atoms with van der Waals surface area (Å²) < 4.78 is 39.0. The number of nitrogens with zero attached hydrogens (tertiary/aromatic N) is 1. The molecule has 1 N–H and O–H groups in total. The van der Waals surface area contributed by atoms with Gasteiger partial charge >= 0.3 is 0 Å². The third kappa shape index (κ3) is 6.25. The van der Waals surface area contributed by atoms with Gasteiger partial charge in [-0.1, -0.05) is 36.4 Å². The van der Waals surface area contributed by atoms with Gasteiger partial charge in [-0.25, -0.2) is 12.8 Å². The van der Waals surface area contributed by atoms with Gasteiger partial charge in [-0.15, -0.1) is 0 Å². The van der Waals surface area contributed by atoms with E-state index >= 15 is 0 Å². The van der Waals surface area contributed by atoms with Crippen LogP contribution in [0, 0.1) is 5.82 Å². The highest BCUT2D eigenvalue weighted by Gasteiger charge is 2.28. The van der Waals surface area contributed by atoms with E-state index in [9.17, 15) is 17.6 Å². The van der Waals surface area contributed by atoms with Gasteiger partial charge in [0.05, 0.1) is 11.9 Å². The molecule has 2 aromatic rings. The zero-order valence-electron chi connectivity index (χ0n) is 15.3. The van der Waals surface area contributed by atoms with E-state index in [2.05, 4.69) is 5.32 Å². The average Bonchev–Trinajstić information content (AvgIpc) is 2.62. The lowest BCUT2D eigenvalue weighted by atomic mass is 10.2. The van der Waals surface area contributed by atoms with Gasteiger partial charge < -0.3 is 5.32 Å². The van der Waals surface area contributed by atoms with Crippen LogP contribution in [-0.2, 0) is 20.6 Å². The first kappa shape index (κ1) is 21.2. The summed E-state index contributed by atoms with van der Waals surface area (Å²) in [7, 11) is -3.61. The molecule has 27 heavy (non-hydrogen) atoms. The number of sulfonamides is 1. The second-order valence-corrected chi connectivity index (χ2v) is 8.97. The molecule has 0 saturated carbocycles. The Kier molecular flexibility index (Phi) is 7.67. The number of anilines is 1. The molecular weight excluding hydrogens is 387 g/mol. The molecule has 5 nitrogen and oxygen atoms in total. The molecule has 0 aliphatic carbocycles. The standard InChI is InChI=1S/C19H23FN2O3S2/c1-15(22(27(2,24)25)17-9-4-3-5-10-17)19(23)21-12-13-26-14-16-8-6-7-11-18(16)20/h3-11,15H,12-14H2,1-2H3,(H,21,23)/t15-/m1/s1. The second-order valence-electron chi connectivity index (χ2n) is 6.01. The number of carbonyl (C=O) groups is 1. The van der Waals surface area contributed by atoms with Crippen molar-refractivity contribution in [3.63, 3.8) is 0 Å². The van der Waals surface area contributed by atoms with E-state index in [0.717, 1.165) is 10.6 Å².